The number of benzene rings is 6. The molecule has 3 heterocycles. The van der Waals surface area contributed by atoms with Crippen molar-refractivity contribution in [3.8, 4) is 28.2 Å². The molecule has 0 radical (unpaired) electrons. The van der Waals surface area contributed by atoms with Crippen LogP contribution in [-0.4, -0.2) is 9.55 Å². The van der Waals surface area contributed by atoms with Gasteiger partial charge in [0.1, 0.15) is 16.8 Å². The average molecular weight is 668 g/mol. The Morgan fingerprint density at radius 2 is 1.35 bits per heavy atom. The first-order valence-corrected chi connectivity index (χ1v) is 17.8. The van der Waals surface area contributed by atoms with Gasteiger partial charge in [0, 0.05) is 26.3 Å². The lowest BCUT2D eigenvalue weighted by atomic mass is 9.88. The first-order chi connectivity index (χ1) is 25.9. The maximum atomic E-state index is 8.75. The van der Waals surface area contributed by atoms with Crippen molar-refractivity contribution in [1.82, 2.24) is 9.55 Å². The maximum Gasteiger partial charge on any atom is 0.300 e. The van der Waals surface area contributed by atoms with E-state index in [-0.39, 0.29) is 17.5 Å². The van der Waals surface area contributed by atoms with E-state index in [0.29, 0.717) is 22.2 Å². The summed E-state index contributed by atoms with van der Waals surface area (Å²) >= 11 is 0. The summed E-state index contributed by atoms with van der Waals surface area (Å²) in [4.78, 5) is 5.01. The fourth-order valence-electron chi connectivity index (χ4n) is 8.16. The summed E-state index contributed by atoms with van der Waals surface area (Å²) in [5, 5.41) is 5.48. The van der Waals surface area contributed by atoms with Gasteiger partial charge < -0.3 is 4.42 Å². The second-order valence-electron chi connectivity index (χ2n) is 14.5. The molecule has 250 valence electrons. The van der Waals surface area contributed by atoms with Crippen LogP contribution < -0.4 is 4.57 Å². The number of para-hydroxylation sites is 2. The standard InChI is InChI=1S/C47H42N3O/c1-27(2)36-25-35(31-15-9-8-10-16-31)26-37(28(3)4)45(36)50-40-20-14-13-19-39(40)49(7)47(50)43-30(6)48-29(5)42-44-38-24-33-18-12-11-17-32(33)23-34(38)21-22-41(44)51-46(42)43/h8-28H,1-7H3/q+1/i5D3. The molecule has 0 aliphatic rings. The first kappa shape index (κ1) is 28.0. The van der Waals surface area contributed by atoms with Crippen molar-refractivity contribution in [2.45, 2.75) is 53.3 Å². The zero-order valence-corrected chi connectivity index (χ0v) is 29.9. The monoisotopic (exact) mass is 667 g/mol. The molecule has 9 rings (SSSR count). The Hall–Kier alpha value is -5.74. The highest BCUT2D eigenvalue weighted by molar-refractivity contribution is 6.23. The van der Waals surface area contributed by atoms with E-state index in [9.17, 15) is 0 Å². The highest BCUT2D eigenvalue weighted by atomic mass is 16.3. The van der Waals surface area contributed by atoms with Crippen LogP contribution in [0.1, 0.15) is 66.2 Å². The SMILES string of the molecule is [2H]C([2H])([2H])c1nc(C)c(-c2n(-c3c(C(C)C)cc(-c4ccccc4)cc3C(C)C)c3ccccc3[n+]2C)c2oc3ccc4cc5ccccc5cc4c3c12. The molecule has 0 unspecified atom stereocenters. The highest BCUT2D eigenvalue weighted by Gasteiger charge is 2.35. The summed E-state index contributed by atoms with van der Waals surface area (Å²) in [6, 6.07) is 40.4. The highest BCUT2D eigenvalue weighted by Crippen LogP contribution is 2.45. The summed E-state index contributed by atoms with van der Waals surface area (Å²) in [6.45, 7) is 8.46. The number of pyridine rings is 1. The second kappa shape index (κ2) is 11.7. The van der Waals surface area contributed by atoms with Crippen molar-refractivity contribution in [3.05, 3.63) is 138 Å². The van der Waals surface area contributed by atoms with E-state index in [1.54, 1.807) is 0 Å². The Kier molecular flexibility index (Phi) is 6.41. The van der Waals surface area contributed by atoms with Crippen molar-refractivity contribution in [2.75, 3.05) is 0 Å². The summed E-state index contributed by atoms with van der Waals surface area (Å²) in [7, 11) is 2.09. The number of imidazole rings is 1. The Bertz CT molecular complexity index is 2920. The fourth-order valence-corrected chi connectivity index (χ4v) is 8.16. The molecule has 0 atom stereocenters. The quantitative estimate of drug-likeness (QED) is 0.135. The lowest BCUT2D eigenvalue weighted by Gasteiger charge is -2.21. The average Bonchev–Trinajstić information content (AvgIpc) is 3.68. The van der Waals surface area contributed by atoms with Crippen LogP contribution in [0, 0.1) is 13.8 Å². The maximum absolute atomic E-state index is 8.75. The molecule has 4 nitrogen and oxygen atoms in total. The number of hydrogen-bond donors (Lipinski definition) is 0. The number of furan rings is 1. The van der Waals surface area contributed by atoms with Crippen LogP contribution in [0.5, 0.6) is 0 Å². The predicted octanol–water partition coefficient (Wildman–Crippen LogP) is 12.3. The summed E-state index contributed by atoms with van der Waals surface area (Å²) in [6.07, 6.45) is 0. The van der Waals surface area contributed by atoms with Gasteiger partial charge in [-0.05, 0) is 101 Å². The van der Waals surface area contributed by atoms with Crippen LogP contribution in [0.4, 0.5) is 0 Å². The topological polar surface area (TPSA) is 34.8 Å². The number of hydrogen-bond acceptors (Lipinski definition) is 2. The molecule has 0 fully saturated rings. The molecule has 0 saturated heterocycles. The third-order valence-corrected chi connectivity index (χ3v) is 10.6. The van der Waals surface area contributed by atoms with Crippen LogP contribution >= 0.6 is 0 Å². The van der Waals surface area contributed by atoms with Gasteiger partial charge in [-0.25, -0.2) is 4.57 Å². The van der Waals surface area contributed by atoms with E-state index in [2.05, 4.69) is 141 Å². The van der Waals surface area contributed by atoms with Crippen molar-refractivity contribution < 1.29 is 13.1 Å². The molecule has 0 saturated carbocycles. The summed E-state index contributed by atoms with van der Waals surface area (Å²) in [5.74, 6) is 1.28. The van der Waals surface area contributed by atoms with Gasteiger partial charge in [0.25, 0.3) is 0 Å². The van der Waals surface area contributed by atoms with Gasteiger partial charge in [-0.15, -0.1) is 0 Å². The molecule has 0 aliphatic carbocycles. The Balaban J connectivity index is 1.46. The molecule has 0 N–H and O–H groups in total. The van der Waals surface area contributed by atoms with Gasteiger partial charge in [-0.3, -0.25) is 4.98 Å². The minimum absolute atomic E-state index is 0.0569. The molecule has 0 spiro atoms. The molecule has 0 amide bonds. The van der Waals surface area contributed by atoms with Crippen LogP contribution in [0.3, 0.4) is 0 Å². The molecule has 9 aromatic rings. The van der Waals surface area contributed by atoms with Crippen LogP contribution in [0.2, 0.25) is 0 Å². The normalized spacial score (nSPS) is 13.3. The number of rotatable bonds is 5. The van der Waals surface area contributed by atoms with Crippen molar-refractivity contribution in [1.29, 1.82) is 0 Å². The number of nitrogens with zero attached hydrogens (tertiary/aromatic N) is 3. The number of aromatic nitrogens is 3. The number of aryl methyl sites for hydroxylation is 3. The van der Waals surface area contributed by atoms with Gasteiger partial charge in [0.05, 0.1) is 18.1 Å². The van der Waals surface area contributed by atoms with Gasteiger partial charge in [-0.1, -0.05) is 100 Å². The molecule has 0 aliphatic heterocycles. The minimum atomic E-state index is -2.48. The largest absolute Gasteiger partial charge is 0.455 e. The fraction of sp³-hybridized carbons (Fsp3) is 0.191. The van der Waals surface area contributed by atoms with E-state index in [1.165, 1.54) is 22.3 Å². The third kappa shape index (κ3) is 4.73. The van der Waals surface area contributed by atoms with Crippen LogP contribution in [0.15, 0.2) is 120 Å². The first-order valence-electron chi connectivity index (χ1n) is 19.3. The summed E-state index contributed by atoms with van der Waals surface area (Å²) < 4.78 is 37.8. The van der Waals surface area contributed by atoms with Crippen molar-refractivity contribution in [3.63, 3.8) is 0 Å². The van der Waals surface area contributed by atoms with Gasteiger partial charge in [0.15, 0.2) is 16.6 Å². The molecular weight excluding hydrogens is 623 g/mol. The molecule has 0 bridgehead atoms. The van der Waals surface area contributed by atoms with Crippen molar-refractivity contribution in [2.24, 2.45) is 7.05 Å². The molecular formula is C47H42N3O+. The van der Waals surface area contributed by atoms with E-state index in [1.807, 2.05) is 25.1 Å². The smallest absolute Gasteiger partial charge is 0.300 e. The van der Waals surface area contributed by atoms with Crippen LogP contribution in [-0.2, 0) is 7.05 Å². The molecule has 4 heteroatoms. The van der Waals surface area contributed by atoms with Gasteiger partial charge in [-0.2, -0.15) is 4.57 Å². The Morgan fingerprint density at radius 3 is 2.06 bits per heavy atom. The molecule has 3 aromatic heterocycles. The Labute approximate surface area is 302 Å². The van der Waals surface area contributed by atoms with Crippen molar-refractivity contribution >= 4 is 54.5 Å². The Morgan fingerprint density at radius 1 is 0.686 bits per heavy atom. The van der Waals surface area contributed by atoms with Gasteiger partial charge >= 0.3 is 5.82 Å². The lowest BCUT2D eigenvalue weighted by Crippen LogP contribution is -2.31. The lowest BCUT2D eigenvalue weighted by molar-refractivity contribution is -0.633. The predicted molar refractivity (Wildman–Crippen MR) is 213 cm³/mol. The van der Waals surface area contributed by atoms with Crippen LogP contribution in [0.25, 0.3) is 82.7 Å². The zero-order chi connectivity index (χ0) is 37.6. The zero-order valence-electron chi connectivity index (χ0n) is 32.9. The third-order valence-electron chi connectivity index (χ3n) is 10.6. The van der Waals surface area contributed by atoms with E-state index < -0.39 is 6.85 Å². The van der Waals surface area contributed by atoms with E-state index in [0.717, 1.165) is 55.0 Å². The van der Waals surface area contributed by atoms with E-state index in [4.69, 9.17) is 13.5 Å². The van der Waals surface area contributed by atoms with Gasteiger partial charge in [0.2, 0.25) is 0 Å². The molecule has 6 aromatic carbocycles. The second-order valence-corrected chi connectivity index (χ2v) is 14.5. The van der Waals surface area contributed by atoms with E-state index >= 15 is 0 Å². The molecule has 51 heavy (non-hydrogen) atoms. The number of fused-ring (bicyclic) bond motifs is 7. The minimum Gasteiger partial charge on any atom is -0.455 e. The summed E-state index contributed by atoms with van der Waals surface area (Å²) in [5.41, 5.74) is 10.6.